The summed E-state index contributed by atoms with van der Waals surface area (Å²) in [7, 11) is 0. The number of benzene rings is 2. The number of ketones is 1. The molecule has 0 radical (unpaired) electrons. The molecule has 9 heteroatoms. The van der Waals surface area contributed by atoms with Gasteiger partial charge in [0.1, 0.15) is 5.69 Å². The number of oxazole rings is 1. The molecule has 0 aliphatic rings. The average molecular weight is 482 g/mol. The van der Waals surface area contributed by atoms with Crippen LogP contribution in [0.5, 0.6) is 0 Å². The van der Waals surface area contributed by atoms with Gasteiger partial charge in [0.15, 0.2) is 5.76 Å². The normalized spacial score (nSPS) is 11.8. The predicted molar refractivity (Wildman–Crippen MR) is 121 cm³/mol. The van der Waals surface area contributed by atoms with E-state index in [2.05, 4.69) is 9.97 Å². The van der Waals surface area contributed by atoms with E-state index < -0.39 is 23.2 Å². The zero-order valence-corrected chi connectivity index (χ0v) is 18.1. The first-order chi connectivity index (χ1) is 16.3. The van der Waals surface area contributed by atoms with E-state index in [9.17, 15) is 18.0 Å². The first kappa shape index (κ1) is 21.9. The monoisotopic (exact) mass is 481 g/mol. The van der Waals surface area contributed by atoms with Gasteiger partial charge in [-0.2, -0.15) is 13.2 Å². The van der Waals surface area contributed by atoms with Gasteiger partial charge < -0.3 is 8.98 Å². The fraction of sp³-hybridized carbons (Fsp3) is 0.0800. The van der Waals surface area contributed by atoms with Crippen LogP contribution in [-0.4, -0.2) is 20.3 Å². The van der Waals surface area contributed by atoms with Crippen molar-refractivity contribution in [3.8, 4) is 11.5 Å². The third-order valence-electron chi connectivity index (χ3n) is 5.36. The Kier molecular flexibility index (Phi) is 5.45. The molecule has 170 valence electrons. The average Bonchev–Trinajstić information content (AvgIpc) is 3.44. The fourth-order valence-corrected chi connectivity index (χ4v) is 4.02. The lowest BCUT2D eigenvalue weighted by Gasteiger charge is -2.14. The summed E-state index contributed by atoms with van der Waals surface area (Å²) in [4.78, 5) is 21.4. The second kappa shape index (κ2) is 8.46. The molecule has 0 bridgehead atoms. The van der Waals surface area contributed by atoms with Gasteiger partial charge in [0, 0.05) is 34.9 Å². The van der Waals surface area contributed by atoms with Gasteiger partial charge in [0.2, 0.25) is 11.7 Å². The Morgan fingerprint density at radius 1 is 1.00 bits per heavy atom. The van der Waals surface area contributed by atoms with Crippen molar-refractivity contribution >= 4 is 28.3 Å². The van der Waals surface area contributed by atoms with Gasteiger partial charge in [-0.1, -0.05) is 41.9 Å². The van der Waals surface area contributed by atoms with Crippen molar-refractivity contribution < 1.29 is 22.4 Å². The molecular formula is C25H15ClF3N3O2. The zero-order chi connectivity index (χ0) is 23.9. The smallest absolute Gasteiger partial charge is 0.432 e. The van der Waals surface area contributed by atoms with Crippen molar-refractivity contribution in [3.63, 3.8) is 0 Å². The largest absolute Gasteiger partial charge is 0.433 e. The summed E-state index contributed by atoms with van der Waals surface area (Å²) in [6, 6.07) is 16.1. The Morgan fingerprint density at radius 3 is 2.47 bits per heavy atom. The highest BCUT2D eigenvalue weighted by molar-refractivity contribution is 6.30. The molecular weight excluding hydrogens is 467 g/mol. The number of carbonyl (C=O) groups excluding carboxylic acids is 1. The maximum atomic E-state index is 14.4. The highest BCUT2D eigenvalue weighted by Gasteiger charge is 2.42. The Morgan fingerprint density at radius 2 is 1.76 bits per heavy atom. The minimum Gasteiger partial charge on any atom is -0.433 e. The van der Waals surface area contributed by atoms with E-state index in [1.165, 1.54) is 12.3 Å². The summed E-state index contributed by atoms with van der Waals surface area (Å²) in [6.07, 6.45) is -0.623. The predicted octanol–water partition coefficient (Wildman–Crippen LogP) is 6.64. The van der Waals surface area contributed by atoms with E-state index in [1.807, 2.05) is 0 Å². The number of hydrogen-bond donors (Lipinski definition) is 0. The lowest BCUT2D eigenvalue weighted by molar-refractivity contribution is -0.143. The molecule has 34 heavy (non-hydrogen) atoms. The molecule has 3 aromatic heterocycles. The van der Waals surface area contributed by atoms with Crippen LogP contribution in [0, 0.1) is 0 Å². The Hall–Kier alpha value is -3.91. The van der Waals surface area contributed by atoms with Crippen LogP contribution in [0.2, 0.25) is 5.02 Å². The van der Waals surface area contributed by atoms with Crippen molar-refractivity contribution in [2.45, 2.75) is 12.7 Å². The van der Waals surface area contributed by atoms with Gasteiger partial charge >= 0.3 is 6.18 Å². The number of alkyl halides is 3. The van der Waals surface area contributed by atoms with Crippen molar-refractivity contribution in [2.75, 3.05) is 0 Å². The molecule has 0 atom stereocenters. The van der Waals surface area contributed by atoms with Gasteiger partial charge in [-0.3, -0.25) is 9.78 Å². The Labute approximate surface area is 196 Å². The van der Waals surface area contributed by atoms with Crippen LogP contribution in [0.15, 0.2) is 83.7 Å². The fourth-order valence-electron chi connectivity index (χ4n) is 3.89. The lowest BCUT2D eigenvalue weighted by Crippen LogP contribution is -2.18. The molecule has 0 aliphatic heterocycles. The van der Waals surface area contributed by atoms with E-state index in [0.29, 0.717) is 16.1 Å². The number of halogens is 4. The Bertz CT molecular complexity index is 1490. The molecule has 0 saturated carbocycles. The lowest BCUT2D eigenvalue weighted by atomic mass is 10.0. The number of carbonyl (C=O) groups is 1. The number of nitrogens with zero attached hydrogens (tertiary/aromatic N) is 3. The summed E-state index contributed by atoms with van der Waals surface area (Å²) in [5.41, 5.74) is -0.144. The van der Waals surface area contributed by atoms with E-state index in [4.69, 9.17) is 16.0 Å². The second-order valence-corrected chi connectivity index (χ2v) is 7.99. The number of para-hydroxylation sites is 1. The number of rotatable bonds is 5. The molecule has 2 aromatic carbocycles. The van der Waals surface area contributed by atoms with E-state index >= 15 is 0 Å². The van der Waals surface area contributed by atoms with Crippen LogP contribution >= 0.6 is 11.6 Å². The molecule has 5 nitrogen and oxygen atoms in total. The summed E-state index contributed by atoms with van der Waals surface area (Å²) < 4.78 is 49.9. The van der Waals surface area contributed by atoms with Crippen molar-refractivity contribution in [3.05, 3.63) is 107 Å². The van der Waals surface area contributed by atoms with Crippen LogP contribution in [0.1, 0.15) is 27.4 Å². The highest BCUT2D eigenvalue weighted by atomic mass is 35.5. The molecule has 0 spiro atoms. The summed E-state index contributed by atoms with van der Waals surface area (Å²) in [5, 5.41) is 0.649. The van der Waals surface area contributed by atoms with Gasteiger partial charge in [-0.05, 0) is 35.9 Å². The van der Waals surface area contributed by atoms with Crippen LogP contribution in [0.25, 0.3) is 22.4 Å². The van der Waals surface area contributed by atoms with Crippen LogP contribution in [-0.2, 0) is 12.7 Å². The second-order valence-electron chi connectivity index (χ2n) is 7.55. The van der Waals surface area contributed by atoms with E-state index in [0.717, 1.165) is 10.8 Å². The van der Waals surface area contributed by atoms with Gasteiger partial charge in [-0.15, -0.1) is 0 Å². The molecule has 5 aromatic rings. The maximum Gasteiger partial charge on any atom is 0.432 e. The minimum absolute atomic E-state index is 0.0925. The molecule has 0 unspecified atom stereocenters. The topological polar surface area (TPSA) is 60.9 Å². The highest BCUT2D eigenvalue weighted by Crippen LogP contribution is 2.40. The number of pyridine rings is 1. The molecule has 0 fully saturated rings. The standard InChI is InChI=1S/C25H15ClF3N3O2/c26-17-9-7-15(8-10-17)14-32-19-6-2-1-5-18(19)21(23(32)25(27,28)29)22(33)20-13-31-24(34-20)16-4-3-11-30-12-16/h1-13H,14H2. The van der Waals surface area contributed by atoms with Crippen molar-refractivity contribution in [2.24, 2.45) is 0 Å². The first-order valence-corrected chi connectivity index (χ1v) is 10.5. The summed E-state index contributed by atoms with van der Waals surface area (Å²) in [5.74, 6) is -1.10. The number of fused-ring (bicyclic) bond motifs is 1. The summed E-state index contributed by atoms with van der Waals surface area (Å²) >= 11 is 5.92. The first-order valence-electron chi connectivity index (χ1n) is 10.2. The SMILES string of the molecule is O=C(c1cnc(-c2cccnc2)o1)c1c(C(F)(F)F)n(Cc2ccc(Cl)cc2)c2ccccc12. The van der Waals surface area contributed by atoms with E-state index in [-0.39, 0.29) is 29.1 Å². The molecule has 0 N–H and O–H groups in total. The quantitative estimate of drug-likeness (QED) is 0.264. The van der Waals surface area contributed by atoms with Crippen LogP contribution in [0.3, 0.4) is 0 Å². The summed E-state index contributed by atoms with van der Waals surface area (Å²) in [6.45, 7) is -0.100. The molecule has 0 amide bonds. The third kappa shape index (κ3) is 3.97. The van der Waals surface area contributed by atoms with Crippen LogP contribution in [0.4, 0.5) is 13.2 Å². The molecule has 3 heterocycles. The Balaban J connectivity index is 1.67. The van der Waals surface area contributed by atoms with Gasteiger partial charge in [0.05, 0.1) is 17.3 Å². The van der Waals surface area contributed by atoms with Gasteiger partial charge in [0.25, 0.3) is 0 Å². The minimum atomic E-state index is -4.80. The molecule has 0 saturated heterocycles. The zero-order valence-electron chi connectivity index (χ0n) is 17.4. The van der Waals surface area contributed by atoms with Gasteiger partial charge in [-0.25, -0.2) is 4.98 Å². The molecule has 5 rings (SSSR count). The maximum absolute atomic E-state index is 14.4. The van der Waals surface area contributed by atoms with Crippen molar-refractivity contribution in [1.82, 2.24) is 14.5 Å². The van der Waals surface area contributed by atoms with Crippen molar-refractivity contribution in [1.29, 1.82) is 0 Å². The van der Waals surface area contributed by atoms with Crippen LogP contribution < -0.4 is 0 Å². The number of hydrogen-bond acceptors (Lipinski definition) is 4. The number of aromatic nitrogens is 3. The molecule has 0 aliphatic carbocycles. The van der Waals surface area contributed by atoms with E-state index in [1.54, 1.807) is 60.8 Å². The third-order valence-corrected chi connectivity index (χ3v) is 5.61.